The molecule has 0 bridgehead atoms. The molecule has 0 fully saturated rings. The number of hydrogen-bond donors (Lipinski definition) is 1. The number of aromatic nitrogens is 2. The normalized spacial score (nSPS) is 10.3. The van der Waals surface area contributed by atoms with Crippen LogP contribution in [0.3, 0.4) is 0 Å². The summed E-state index contributed by atoms with van der Waals surface area (Å²) < 4.78 is 5.12. The summed E-state index contributed by atoms with van der Waals surface area (Å²) in [6.45, 7) is 0. The van der Waals surface area contributed by atoms with Crippen molar-refractivity contribution < 1.29 is 9.21 Å². The largest absolute Gasteiger partial charge is 0.423 e. The van der Waals surface area contributed by atoms with Crippen LogP contribution in [0.1, 0.15) is 10.4 Å². The molecule has 0 saturated carbocycles. The lowest BCUT2D eigenvalue weighted by molar-refractivity contribution is 0.102. The average Bonchev–Trinajstić information content (AvgIpc) is 3.13. The zero-order chi connectivity index (χ0) is 13.1. The van der Waals surface area contributed by atoms with Crippen molar-refractivity contribution in [2.45, 2.75) is 0 Å². The summed E-state index contributed by atoms with van der Waals surface area (Å²) in [7, 11) is 0. The fourth-order valence-electron chi connectivity index (χ4n) is 1.63. The molecule has 0 aliphatic rings. The Kier molecular flexibility index (Phi) is 3.07. The molecule has 0 saturated heterocycles. The zero-order valence-electron chi connectivity index (χ0n) is 9.74. The topological polar surface area (TPSA) is 68.0 Å². The van der Waals surface area contributed by atoms with E-state index in [0.29, 0.717) is 17.1 Å². The summed E-state index contributed by atoms with van der Waals surface area (Å²) in [5.74, 6) is 0.288. The van der Waals surface area contributed by atoms with Gasteiger partial charge in [0.25, 0.3) is 5.91 Å². The van der Waals surface area contributed by atoms with Crippen molar-refractivity contribution in [3.8, 4) is 11.5 Å². The van der Waals surface area contributed by atoms with E-state index >= 15 is 0 Å². The standard InChI is InChI=1S/C13H9N3O2S/c17-12(10-4-5-19-7-10)15-11-3-1-2-9(6-11)13-16-14-8-18-13/h1-8H,(H,15,17). The number of nitrogens with one attached hydrogen (secondary N) is 1. The second-order valence-corrected chi connectivity index (χ2v) is 4.57. The van der Waals surface area contributed by atoms with Crippen molar-refractivity contribution in [2.75, 3.05) is 5.32 Å². The maximum atomic E-state index is 11.9. The van der Waals surface area contributed by atoms with Gasteiger partial charge in [0.15, 0.2) is 0 Å². The van der Waals surface area contributed by atoms with Crippen LogP contribution < -0.4 is 5.32 Å². The van der Waals surface area contributed by atoms with E-state index < -0.39 is 0 Å². The van der Waals surface area contributed by atoms with E-state index in [0.717, 1.165) is 5.56 Å². The lowest BCUT2D eigenvalue weighted by Gasteiger charge is -2.04. The smallest absolute Gasteiger partial charge is 0.256 e. The van der Waals surface area contributed by atoms with E-state index in [1.807, 2.05) is 23.6 Å². The number of rotatable bonds is 3. The predicted octanol–water partition coefficient (Wildman–Crippen LogP) is 3.05. The lowest BCUT2D eigenvalue weighted by Crippen LogP contribution is -2.10. The first kappa shape index (κ1) is 11.6. The van der Waals surface area contributed by atoms with Crippen molar-refractivity contribution >= 4 is 22.9 Å². The third-order valence-electron chi connectivity index (χ3n) is 2.51. The summed E-state index contributed by atoms with van der Waals surface area (Å²) in [5.41, 5.74) is 2.10. The minimum absolute atomic E-state index is 0.135. The van der Waals surface area contributed by atoms with Crippen molar-refractivity contribution in [3.05, 3.63) is 53.0 Å². The van der Waals surface area contributed by atoms with Crippen LogP contribution in [0.15, 0.2) is 51.9 Å². The van der Waals surface area contributed by atoms with E-state index in [4.69, 9.17) is 4.42 Å². The molecule has 0 aliphatic heterocycles. The number of carbonyl (C=O) groups excluding carboxylic acids is 1. The highest BCUT2D eigenvalue weighted by atomic mass is 32.1. The van der Waals surface area contributed by atoms with Crippen molar-refractivity contribution in [1.82, 2.24) is 10.2 Å². The number of nitrogens with zero attached hydrogens (tertiary/aromatic N) is 2. The monoisotopic (exact) mass is 271 g/mol. The highest BCUT2D eigenvalue weighted by molar-refractivity contribution is 7.08. The Balaban J connectivity index is 1.82. The second kappa shape index (κ2) is 5.03. The molecule has 94 valence electrons. The van der Waals surface area contributed by atoms with E-state index in [-0.39, 0.29) is 5.91 Å². The number of anilines is 1. The van der Waals surface area contributed by atoms with Crippen LogP contribution in [0.25, 0.3) is 11.5 Å². The number of carbonyl (C=O) groups is 1. The summed E-state index contributed by atoms with van der Waals surface area (Å²) in [4.78, 5) is 11.9. The molecule has 0 aliphatic carbocycles. The highest BCUT2D eigenvalue weighted by Crippen LogP contribution is 2.21. The van der Waals surface area contributed by atoms with Gasteiger partial charge in [-0.05, 0) is 29.6 Å². The Morgan fingerprint density at radius 2 is 2.26 bits per heavy atom. The van der Waals surface area contributed by atoms with Crippen LogP contribution in [0, 0.1) is 0 Å². The molecule has 6 heteroatoms. The van der Waals surface area contributed by atoms with E-state index in [2.05, 4.69) is 15.5 Å². The van der Waals surface area contributed by atoms with Gasteiger partial charge < -0.3 is 9.73 Å². The molecule has 0 spiro atoms. The first-order chi connectivity index (χ1) is 9.33. The molecular weight excluding hydrogens is 262 g/mol. The first-order valence-electron chi connectivity index (χ1n) is 5.53. The molecule has 19 heavy (non-hydrogen) atoms. The molecule has 0 unspecified atom stereocenters. The molecule has 0 atom stereocenters. The number of amides is 1. The molecule has 1 aromatic carbocycles. The van der Waals surface area contributed by atoms with Gasteiger partial charge in [0.1, 0.15) is 0 Å². The molecule has 2 aromatic heterocycles. The van der Waals surface area contributed by atoms with Gasteiger partial charge in [-0.15, -0.1) is 10.2 Å². The third kappa shape index (κ3) is 2.53. The van der Waals surface area contributed by atoms with Gasteiger partial charge in [0.2, 0.25) is 12.3 Å². The molecular formula is C13H9N3O2S. The number of hydrogen-bond acceptors (Lipinski definition) is 5. The SMILES string of the molecule is O=C(Nc1cccc(-c2nnco2)c1)c1ccsc1. The second-order valence-electron chi connectivity index (χ2n) is 3.79. The zero-order valence-corrected chi connectivity index (χ0v) is 10.6. The van der Waals surface area contributed by atoms with Crippen LogP contribution in [0.2, 0.25) is 0 Å². The van der Waals surface area contributed by atoms with Gasteiger partial charge in [-0.25, -0.2) is 0 Å². The van der Waals surface area contributed by atoms with Crippen molar-refractivity contribution in [1.29, 1.82) is 0 Å². The van der Waals surface area contributed by atoms with E-state index in [1.54, 1.807) is 17.5 Å². The summed E-state index contributed by atoms with van der Waals surface area (Å²) >= 11 is 1.49. The van der Waals surface area contributed by atoms with Crippen LogP contribution in [0.5, 0.6) is 0 Å². The number of thiophene rings is 1. The molecule has 1 N–H and O–H groups in total. The lowest BCUT2D eigenvalue weighted by atomic mass is 10.2. The summed E-state index contributed by atoms with van der Waals surface area (Å²) in [6, 6.07) is 9.04. The Morgan fingerprint density at radius 1 is 1.32 bits per heavy atom. The summed E-state index contributed by atoms with van der Waals surface area (Å²) in [5, 5.41) is 13.9. The Labute approximate surface area is 112 Å². The molecule has 3 aromatic rings. The fourth-order valence-corrected chi connectivity index (χ4v) is 2.26. The predicted molar refractivity (Wildman–Crippen MR) is 72.0 cm³/mol. The van der Waals surface area contributed by atoms with Crippen LogP contribution in [-0.2, 0) is 0 Å². The fraction of sp³-hybridized carbons (Fsp3) is 0. The van der Waals surface area contributed by atoms with Gasteiger partial charge >= 0.3 is 0 Å². The van der Waals surface area contributed by atoms with Gasteiger partial charge in [-0.1, -0.05) is 6.07 Å². The van der Waals surface area contributed by atoms with Crippen molar-refractivity contribution in [3.63, 3.8) is 0 Å². The molecule has 5 nitrogen and oxygen atoms in total. The first-order valence-corrected chi connectivity index (χ1v) is 6.47. The molecule has 0 radical (unpaired) electrons. The van der Waals surface area contributed by atoms with Gasteiger partial charge in [0.05, 0.1) is 5.56 Å². The molecule has 3 rings (SSSR count). The maximum Gasteiger partial charge on any atom is 0.256 e. The Bertz CT molecular complexity index is 678. The third-order valence-corrected chi connectivity index (χ3v) is 3.19. The van der Waals surface area contributed by atoms with Gasteiger partial charge in [0, 0.05) is 16.6 Å². The maximum absolute atomic E-state index is 11.9. The Morgan fingerprint density at radius 3 is 3.00 bits per heavy atom. The minimum Gasteiger partial charge on any atom is -0.423 e. The van der Waals surface area contributed by atoms with E-state index in [1.165, 1.54) is 17.7 Å². The van der Waals surface area contributed by atoms with Crippen molar-refractivity contribution in [2.24, 2.45) is 0 Å². The Hall–Kier alpha value is -2.47. The number of benzene rings is 1. The average molecular weight is 271 g/mol. The van der Waals surface area contributed by atoms with Gasteiger partial charge in [-0.3, -0.25) is 4.79 Å². The van der Waals surface area contributed by atoms with Crippen LogP contribution in [0.4, 0.5) is 5.69 Å². The minimum atomic E-state index is -0.135. The van der Waals surface area contributed by atoms with E-state index in [9.17, 15) is 4.79 Å². The summed E-state index contributed by atoms with van der Waals surface area (Å²) in [6.07, 6.45) is 1.27. The molecule has 2 heterocycles. The van der Waals surface area contributed by atoms with Crippen LogP contribution >= 0.6 is 11.3 Å². The highest BCUT2D eigenvalue weighted by Gasteiger charge is 2.08. The van der Waals surface area contributed by atoms with Gasteiger partial charge in [-0.2, -0.15) is 11.3 Å². The van der Waals surface area contributed by atoms with Crippen LogP contribution in [-0.4, -0.2) is 16.1 Å². The quantitative estimate of drug-likeness (QED) is 0.795. The molecule has 1 amide bonds.